The van der Waals surface area contributed by atoms with E-state index in [1.54, 1.807) is 6.20 Å². The Morgan fingerprint density at radius 2 is 2.05 bits per heavy atom. The minimum atomic E-state index is 0.250. The van der Waals surface area contributed by atoms with E-state index in [-0.39, 0.29) is 11.9 Å². The van der Waals surface area contributed by atoms with Gasteiger partial charge in [0.25, 0.3) is 0 Å². The largest absolute Gasteiger partial charge is 0.396 e. The molecule has 1 aromatic rings. The lowest BCUT2D eigenvalue weighted by Crippen LogP contribution is -2.50. The van der Waals surface area contributed by atoms with E-state index in [4.69, 9.17) is 10.5 Å². The molecule has 0 aromatic carbocycles. The second-order valence-corrected chi connectivity index (χ2v) is 4.85. The van der Waals surface area contributed by atoms with E-state index < -0.39 is 0 Å². The number of primary amides is 1. The fraction of sp³-hybridized carbons (Fsp3) is 0.538. The maximum atomic E-state index is 8.58. The predicted molar refractivity (Wildman–Crippen MR) is 77.8 cm³/mol. The van der Waals surface area contributed by atoms with Crippen molar-refractivity contribution in [1.82, 2.24) is 10.3 Å². The molecule has 0 spiro atoms. The highest BCUT2D eigenvalue weighted by Gasteiger charge is 2.29. The Balaban J connectivity index is 0.000000550. The van der Waals surface area contributed by atoms with Crippen LogP contribution in [0.1, 0.15) is 19.8 Å². The van der Waals surface area contributed by atoms with Gasteiger partial charge in [-0.15, -0.1) is 0 Å². The number of pyridine rings is 1. The van der Waals surface area contributed by atoms with Crippen LogP contribution in [0.3, 0.4) is 0 Å². The molecule has 1 saturated heterocycles. The third kappa shape index (κ3) is 4.10. The minimum Gasteiger partial charge on any atom is -0.396 e. The summed E-state index contributed by atoms with van der Waals surface area (Å²) in [6.45, 7) is 4.29. The van der Waals surface area contributed by atoms with Gasteiger partial charge in [0.15, 0.2) is 5.82 Å². The number of hydrogen-bond acceptors (Lipinski definition) is 5. The summed E-state index contributed by atoms with van der Waals surface area (Å²) in [6, 6.07) is 3.79. The maximum absolute atomic E-state index is 8.58. The molecule has 106 valence electrons. The molecule has 0 aliphatic carbocycles. The highest BCUT2D eigenvalue weighted by molar-refractivity contribution is 5.62. The topological polar surface area (TPSA) is 97.3 Å². The van der Waals surface area contributed by atoms with Gasteiger partial charge in [-0.2, -0.15) is 0 Å². The summed E-state index contributed by atoms with van der Waals surface area (Å²) >= 11 is 0. The first-order valence-electron chi connectivity index (χ1n) is 6.36. The van der Waals surface area contributed by atoms with E-state index in [2.05, 4.69) is 27.9 Å². The summed E-state index contributed by atoms with van der Waals surface area (Å²) in [6.07, 6.45) is 4.30. The molecule has 0 radical (unpaired) electrons. The Hall–Kier alpha value is -1.82. The van der Waals surface area contributed by atoms with E-state index in [1.165, 1.54) is 0 Å². The van der Waals surface area contributed by atoms with Crippen LogP contribution in [0.2, 0.25) is 0 Å². The number of nitrogens with one attached hydrogen (secondary N) is 1. The predicted octanol–water partition coefficient (Wildman–Crippen LogP) is 0.344. The Morgan fingerprint density at radius 1 is 1.47 bits per heavy atom. The highest BCUT2D eigenvalue weighted by Crippen LogP contribution is 2.27. The van der Waals surface area contributed by atoms with Crippen LogP contribution in [-0.2, 0) is 4.79 Å². The quantitative estimate of drug-likeness (QED) is 0.670. The van der Waals surface area contributed by atoms with Gasteiger partial charge >= 0.3 is 0 Å². The zero-order chi connectivity index (χ0) is 14.3. The molecule has 2 heterocycles. The monoisotopic (exact) mass is 265 g/mol. The number of nitrogen functional groups attached to an aromatic ring is 1. The number of piperidine rings is 1. The number of anilines is 2. The van der Waals surface area contributed by atoms with Crippen LogP contribution in [-0.4, -0.2) is 37.1 Å². The summed E-state index contributed by atoms with van der Waals surface area (Å²) < 4.78 is 0. The van der Waals surface area contributed by atoms with E-state index in [9.17, 15) is 0 Å². The maximum Gasteiger partial charge on any atom is 0.204 e. The van der Waals surface area contributed by atoms with Crippen molar-refractivity contribution in [2.75, 3.05) is 30.8 Å². The van der Waals surface area contributed by atoms with Crippen molar-refractivity contribution in [2.24, 2.45) is 5.73 Å². The molecule has 0 saturated carbocycles. The number of nitrogens with two attached hydrogens (primary N) is 2. The van der Waals surface area contributed by atoms with Gasteiger partial charge in [0.05, 0.1) is 5.69 Å². The third-order valence-electron chi connectivity index (χ3n) is 3.59. The van der Waals surface area contributed by atoms with Crippen LogP contribution in [0.25, 0.3) is 0 Å². The summed E-state index contributed by atoms with van der Waals surface area (Å²) in [5.41, 5.74) is 11.1. The first kappa shape index (κ1) is 15.2. The lowest BCUT2D eigenvalue weighted by molar-refractivity contribution is -0.106. The molecule has 0 unspecified atom stereocenters. The number of carbonyl (C=O) groups excluding carboxylic acids is 1. The summed E-state index contributed by atoms with van der Waals surface area (Å²) in [7, 11) is 2.03. The Morgan fingerprint density at radius 3 is 2.53 bits per heavy atom. The van der Waals surface area contributed by atoms with Crippen molar-refractivity contribution >= 4 is 17.9 Å². The lowest BCUT2D eigenvalue weighted by Gasteiger charge is -2.40. The van der Waals surface area contributed by atoms with Gasteiger partial charge in [0.2, 0.25) is 6.41 Å². The van der Waals surface area contributed by atoms with Crippen molar-refractivity contribution in [3.05, 3.63) is 18.3 Å². The minimum absolute atomic E-state index is 0.250. The molecule has 1 amide bonds. The van der Waals surface area contributed by atoms with Gasteiger partial charge in [-0.3, -0.25) is 4.79 Å². The van der Waals surface area contributed by atoms with E-state index in [0.29, 0.717) is 0 Å². The second kappa shape index (κ2) is 6.94. The number of carbonyl (C=O) groups is 1. The van der Waals surface area contributed by atoms with E-state index >= 15 is 0 Å². The molecular weight excluding hydrogens is 242 g/mol. The first-order valence-corrected chi connectivity index (χ1v) is 6.36. The zero-order valence-corrected chi connectivity index (χ0v) is 11.6. The van der Waals surface area contributed by atoms with Crippen molar-refractivity contribution in [2.45, 2.75) is 25.3 Å². The van der Waals surface area contributed by atoms with Gasteiger partial charge in [-0.25, -0.2) is 4.98 Å². The molecule has 1 aliphatic rings. The van der Waals surface area contributed by atoms with Crippen LogP contribution in [0.4, 0.5) is 11.5 Å². The van der Waals surface area contributed by atoms with E-state index in [1.807, 2.05) is 19.2 Å². The summed E-state index contributed by atoms with van der Waals surface area (Å²) in [5, 5.41) is 3.39. The fourth-order valence-corrected chi connectivity index (χ4v) is 2.14. The summed E-state index contributed by atoms with van der Waals surface area (Å²) in [4.78, 5) is 15.2. The second-order valence-electron chi connectivity index (χ2n) is 4.85. The summed E-state index contributed by atoms with van der Waals surface area (Å²) in [5.74, 6) is 0.931. The molecule has 6 nitrogen and oxygen atoms in total. The number of hydrogen-bond donors (Lipinski definition) is 3. The molecule has 5 N–H and O–H groups in total. The zero-order valence-electron chi connectivity index (χ0n) is 11.6. The number of nitrogens with zero attached hydrogens (tertiary/aromatic N) is 2. The van der Waals surface area contributed by atoms with Gasteiger partial charge in [0, 0.05) is 24.8 Å². The Bertz CT molecular complexity index is 402. The lowest BCUT2D eigenvalue weighted by atomic mass is 9.90. The fourth-order valence-electron chi connectivity index (χ4n) is 2.14. The number of aromatic nitrogens is 1. The van der Waals surface area contributed by atoms with Gasteiger partial charge in [-0.1, -0.05) is 0 Å². The highest BCUT2D eigenvalue weighted by atomic mass is 16.1. The SMILES string of the molecule is CNC1(C)CCN(c2ncccc2N)CC1.NC=O. The van der Waals surface area contributed by atoms with Crippen molar-refractivity contribution in [3.63, 3.8) is 0 Å². The molecule has 2 rings (SSSR count). The van der Waals surface area contributed by atoms with Crippen LogP contribution in [0, 0.1) is 0 Å². The normalized spacial score (nSPS) is 17.3. The van der Waals surface area contributed by atoms with Crippen LogP contribution in [0.15, 0.2) is 18.3 Å². The molecular formula is C13H23N5O. The standard InChI is InChI=1S/C12H20N4.CH3NO/c1-12(14-2)5-8-16(9-6-12)11-10(13)4-3-7-15-11;2-1-3/h3-4,7,14H,5-6,8-9,13H2,1-2H3;1H,(H2,2,3). The molecule has 0 bridgehead atoms. The van der Waals surface area contributed by atoms with E-state index in [0.717, 1.165) is 37.4 Å². The number of amides is 1. The molecule has 1 fully saturated rings. The molecule has 1 aromatic heterocycles. The smallest absolute Gasteiger partial charge is 0.204 e. The van der Waals surface area contributed by atoms with Crippen molar-refractivity contribution in [1.29, 1.82) is 0 Å². The average molecular weight is 265 g/mol. The van der Waals surface area contributed by atoms with Crippen molar-refractivity contribution in [3.8, 4) is 0 Å². The molecule has 19 heavy (non-hydrogen) atoms. The molecule has 0 atom stereocenters. The van der Waals surface area contributed by atoms with Gasteiger partial charge < -0.3 is 21.7 Å². The average Bonchev–Trinajstić information content (AvgIpc) is 2.42. The van der Waals surface area contributed by atoms with Gasteiger partial charge in [-0.05, 0) is 38.9 Å². The molecule has 6 heteroatoms. The Kier molecular flexibility index (Phi) is 5.57. The number of rotatable bonds is 2. The Labute approximate surface area is 114 Å². The first-order chi connectivity index (χ1) is 9.06. The van der Waals surface area contributed by atoms with Gasteiger partial charge in [0.1, 0.15) is 0 Å². The van der Waals surface area contributed by atoms with Crippen LogP contribution in [0.5, 0.6) is 0 Å². The van der Waals surface area contributed by atoms with Crippen LogP contribution >= 0.6 is 0 Å². The molecule has 1 aliphatic heterocycles. The third-order valence-corrected chi connectivity index (χ3v) is 3.59. The van der Waals surface area contributed by atoms with Crippen LogP contribution < -0.4 is 21.7 Å². The van der Waals surface area contributed by atoms with Crippen molar-refractivity contribution < 1.29 is 4.79 Å².